The van der Waals surface area contributed by atoms with Gasteiger partial charge in [-0.25, -0.2) is 0 Å². The Morgan fingerprint density at radius 1 is 1.20 bits per heavy atom. The van der Waals surface area contributed by atoms with Crippen LogP contribution in [-0.2, 0) is 16.1 Å². The number of hydrogen-bond donors (Lipinski definition) is 1. The molecule has 8 nitrogen and oxygen atoms in total. The van der Waals surface area contributed by atoms with E-state index >= 15 is 0 Å². The Bertz CT molecular complexity index is 1150. The smallest absolute Gasteiger partial charge is 0.293 e. The second-order valence-corrected chi connectivity index (χ2v) is 7.69. The molecule has 186 valence electrons. The number of aryl methyl sites for hydroxylation is 1. The zero-order valence-electron chi connectivity index (χ0n) is 21.2. The van der Waals surface area contributed by atoms with E-state index in [1.165, 1.54) is 0 Å². The van der Waals surface area contributed by atoms with Crippen molar-refractivity contribution in [2.45, 2.75) is 26.8 Å². The number of fused-ring (bicyclic) bond motifs is 1. The van der Waals surface area contributed by atoms with Gasteiger partial charge in [0.1, 0.15) is 11.8 Å². The van der Waals surface area contributed by atoms with Crippen molar-refractivity contribution >= 4 is 29.4 Å². The summed E-state index contributed by atoms with van der Waals surface area (Å²) in [4.78, 5) is 15.2. The molecule has 0 atom stereocenters. The summed E-state index contributed by atoms with van der Waals surface area (Å²) in [5, 5.41) is 14.0. The SMILES string of the molecule is CCOC=O.CCn1c(-c2ccc(NC)cc2)c(C#N)c2ccc(OCCCN(C)C=NC)cc21. The van der Waals surface area contributed by atoms with Crippen LogP contribution >= 0.6 is 0 Å². The lowest BCUT2D eigenvalue weighted by Gasteiger charge is -2.13. The van der Waals surface area contributed by atoms with E-state index in [4.69, 9.17) is 4.74 Å². The minimum atomic E-state index is 0.431. The van der Waals surface area contributed by atoms with Gasteiger partial charge in [-0.05, 0) is 50.1 Å². The molecule has 0 amide bonds. The maximum atomic E-state index is 9.90. The molecule has 2 aromatic carbocycles. The third-order valence-corrected chi connectivity index (χ3v) is 5.38. The molecule has 1 heterocycles. The number of benzene rings is 2. The molecule has 0 aliphatic carbocycles. The molecule has 1 aromatic heterocycles. The normalized spacial score (nSPS) is 10.4. The highest BCUT2D eigenvalue weighted by Crippen LogP contribution is 2.35. The standard InChI is InChI=1S/C24H29N5O.C3H6O2/c1-5-29-23-15-20(30-14-6-13-28(4)17-26-2)11-12-21(23)22(16-25)24(29)18-7-9-19(27-3)10-8-18;1-2-5-3-4/h7-12,15,17,27H,5-6,13-14H2,1-4H3;3H,2H2,1H3. The second-order valence-electron chi connectivity index (χ2n) is 7.69. The number of carbonyl (C=O) groups is 1. The predicted octanol–water partition coefficient (Wildman–Crippen LogP) is 4.78. The maximum absolute atomic E-state index is 9.90. The largest absolute Gasteiger partial charge is 0.493 e. The molecule has 8 heteroatoms. The van der Waals surface area contributed by atoms with Crippen LogP contribution in [0.3, 0.4) is 0 Å². The van der Waals surface area contributed by atoms with Gasteiger partial charge in [0.15, 0.2) is 0 Å². The number of nitrogens with one attached hydrogen (secondary N) is 1. The van der Waals surface area contributed by atoms with Gasteiger partial charge in [-0.15, -0.1) is 0 Å². The quantitative estimate of drug-likeness (QED) is 0.185. The molecule has 3 aromatic rings. The van der Waals surface area contributed by atoms with E-state index in [2.05, 4.69) is 44.7 Å². The highest BCUT2D eigenvalue weighted by molar-refractivity contribution is 5.95. The van der Waals surface area contributed by atoms with Crippen LogP contribution in [0.5, 0.6) is 5.75 Å². The van der Waals surface area contributed by atoms with Crippen LogP contribution < -0.4 is 10.1 Å². The van der Waals surface area contributed by atoms with E-state index in [9.17, 15) is 10.1 Å². The lowest BCUT2D eigenvalue weighted by Crippen LogP contribution is -2.19. The summed E-state index contributed by atoms with van der Waals surface area (Å²) in [6.45, 7) is 7.05. The van der Waals surface area contributed by atoms with Gasteiger partial charge >= 0.3 is 0 Å². The van der Waals surface area contributed by atoms with Crippen LogP contribution in [0.2, 0.25) is 0 Å². The Hall–Kier alpha value is -3.99. The minimum Gasteiger partial charge on any atom is -0.493 e. The van der Waals surface area contributed by atoms with Crippen molar-refractivity contribution in [3.05, 3.63) is 48.0 Å². The summed E-state index contributed by atoms with van der Waals surface area (Å²) in [5.74, 6) is 0.822. The number of hydrogen-bond acceptors (Lipinski definition) is 6. The van der Waals surface area contributed by atoms with Crippen LogP contribution in [0, 0.1) is 11.3 Å². The van der Waals surface area contributed by atoms with Gasteiger partial charge in [0.2, 0.25) is 0 Å². The fourth-order valence-corrected chi connectivity index (χ4v) is 3.78. The molecule has 0 saturated carbocycles. The molecular formula is C27H35N5O3. The van der Waals surface area contributed by atoms with Gasteiger partial charge in [-0.3, -0.25) is 9.79 Å². The second kappa shape index (κ2) is 14.3. The molecule has 0 spiro atoms. The molecule has 1 N–H and O–H groups in total. The first-order valence-electron chi connectivity index (χ1n) is 11.7. The molecule has 0 unspecified atom stereocenters. The van der Waals surface area contributed by atoms with Crippen LogP contribution in [0.25, 0.3) is 22.2 Å². The van der Waals surface area contributed by atoms with Gasteiger partial charge in [0, 0.05) is 51.4 Å². The summed E-state index contributed by atoms with van der Waals surface area (Å²) in [6, 6.07) is 16.6. The molecule has 0 aliphatic heterocycles. The van der Waals surface area contributed by atoms with Crippen molar-refractivity contribution in [2.24, 2.45) is 4.99 Å². The average Bonchev–Trinajstić information content (AvgIpc) is 3.20. The van der Waals surface area contributed by atoms with Gasteiger partial charge in [-0.2, -0.15) is 5.26 Å². The van der Waals surface area contributed by atoms with Gasteiger partial charge in [-0.1, -0.05) is 12.1 Å². The molecule has 0 bridgehead atoms. The van der Waals surface area contributed by atoms with Gasteiger partial charge in [0.25, 0.3) is 6.47 Å². The number of nitrogens with zero attached hydrogens (tertiary/aromatic N) is 4. The van der Waals surface area contributed by atoms with E-state index in [1.807, 2.05) is 55.7 Å². The third-order valence-electron chi connectivity index (χ3n) is 5.38. The Kier molecular flexibility index (Phi) is 11.1. The lowest BCUT2D eigenvalue weighted by atomic mass is 10.1. The Morgan fingerprint density at radius 2 is 1.94 bits per heavy atom. The molecule has 0 radical (unpaired) electrons. The topological polar surface area (TPSA) is 91.9 Å². The number of aliphatic imine (C=N–C) groups is 1. The molecular weight excluding hydrogens is 442 g/mol. The van der Waals surface area contributed by atoms with Crippen LogP contribution in [-0.4, -0.2) is 63.2 Å². The van der Waals surface area contributed by atoms with Crippen LogP contribution in [0.4, 0.5) is 5.69 Å². The highest BCUT2D eigenvalue weighted by atomic mass is 16.5. The van der Waals surface area contributed by atoms with Crippen molar-refractivity contribution in [2.75, 3.05) is 46.2 Å². The van der Waals surface area contributed by atoms with Gasteiger partial charge in [0.05, 0.1) is 36.3 Å². The van der Waals surface area contributed by atoms with E-state index in [0.29, 0.717) is 25.2 Å². The third kappa shape index (κ3) is 7.24. The summed E-state index contributed by atoms with van der Waals surface area (Å²) in [7, 11) is 5.67. The van der Waals surface area contributed by atoms with Crippen molar-refractivity contribution in [1.29, 1.82) is 5.26 Å². The van der Waals surface area contributed by atoms with Crippen molar-refractivity contribution < 1.29 is 14.3 Å². The number of anilines is 1. The maximum Gasteiger partial charge on any atom is 0.293 e. The number of nitriles is 1. The molecule has 0 saturated heterocycles. The highest BCUT2D eigenvalue weighted by Gasteiger charge is 2.18. The predicted molar refractivity (Wildman–Crippen MR) is 142 cm³/mol. The van der Waals surface area contributed by atoms with E-state index in [-0.39, 0.29) is 0 Å². The Morgan fingerprint density at radius 3 is 2.49 bits per heavy atom. The number of rotatable bonds is 11. The summed E-state index contributed by atoms with van der Waals surface area (Å²) < 4.78 is 12.3. The Balaban J connectivity index is 0.000000784. The molecule has 0 aliphatic rings. The monoisotopic (exact) mass is 477 g/mol. The van der Waals surface area contributed by atoms with Crippen LogP contribution in [0.1, 0.15) is 25.8 Å². The summed E-state index contributed by atoms with van der Waals surface area (Å²) in [5.41, 5.74) is 4.76. The van der Waals surface area contributed by atoms with Crippen molar-refractivity contribution in [3.8, 4) is 23.1 Å². The van der Waals surface area contributed by atoms with Gasteiger partial charge < -0.3 is 24.3 Å². The fraction of sp³-hybridized carbons (Fsp3) is 0.370. The lowest BCUT2D eigenvalue weighted by molar-refractivity contribution is -0.128. The summed E-state index contributed by atoms with van der Waals surface area (Å²) >= 11 is 0. The first kappa shape index (κ1) is 27.3. The fourth-order valence-electron chi connectivity index (χ4n) is 3.78. The number of ether oxygens (including phenoxy) is 2. The Labute approximate surface area is 207 Å². The minimum absolute atomic E-state index is 0.431. The van der Waals surface area contributed by atoms with Crippen molar-refractivity contribution in [3.63, 3.8) is 0 Å². The van der Waals surface area contributed by atoms with Crippen molar-refractivity contribution in [1.82, 2.24) is 9.47 Å². The zero-order chi connectivity index (χ0) is 25.6. The number of aromatic nitrogens is 1. The average molecular weight is 478 g/mol. The summed E-state index contributed by atoms with van der Waals surface area (Å²) in [6.07, 6.45) is 2.72. The van der Waals surface area contributed by atoms with Crippen LogP contribution in [0.15, 0.2) is 47.5 Å². The molecule has 0 fully saturated rings. The molecule has 3 rings (SSSR count). The van der Waals surface area contributed by atoms with E-state index < -0.39 is 0 Å². The first-order chi connectivity index (χ1) is 17.0. The molecule has 35 heavy (non-hydrogen) atoms. The zero-order valence-corrected chi connectivity index (χ0v) is 21.2. The first-order valence-corrected chi connectivity index (χ1v) is 11.7. The van der Waals surface area contributed by atoms with E-state index in [0.717, 1.165) is 53.1 Å². The number of carbonyl (C=O) groups excluding carboxylic acids is 1. The van der Waals surface area contributed by atoms with E-state index in [1.54, 1.807) is 14.0 Å².